The Bertz CT molecular complexity index is 704. The normalized spacial score (nSPS) is 27.1. The van der Waals surface area contributed by atoms with Crippen molar-refractivity contribution in [1.29, 1.82) is 0 Å². The van der Waals surface area contributed by atoms with E-state index in [1.54, 1.807) is 0 Å². The van der Waals surface area contributed by atoms with Crippen LogP contribution < -0.4 is 0 Å². The van der Waals surface area contributed by atoms with Crippen molar-refractivity contribution in [2.75, 3.05) is 0 Å². The molecule has 0 bridgehead atoms. The molecule has 8 heteroatoms. The van der Waals surface area contributed by atoms with Crippen molar-refractivity contribution in [3.8, 4) is 0 Å². The third-order valence-electron chi connectivity index (χ3n) is 3.16. The molecule has 20 heavy (non-hydrogen) atoms. The molecular weight excluding hydrogens is 295 g/mol. The van der Waals surface area contributed by atoms with E-state index in [9.17, 15) is 21.6 Å². The maximum atomic E-state index is 12.5. The highest BCUT2D eigenvalue weighted by Gasteiger charge is 2.46. The molecule has 2 heterocycles. The lowest BCUT2D eigenvalue weighted by Gasteiger charge is -2.10. The molecule has 0 aromatic heterocycles. The van der Waals surface area contributed by atoms with Gasteiger partial charge in [-0.3, -0.25) is 0 Å². The van der Waals surface area contributed by atoms with Gasteiger partial charge in [-0.25, -0.2) is 8.42 Å². The molecule has 1 aromatic rings. The highest BCUT2D eigenvalue weighted by molar-refractivity contribution is 7.96. The number of halogens is 3. The van der Waals surface area contributed by atoms with Gasteiger partial charge in [-0.1, -0.05) is 17.3 Å². The number of hydrogen-bond donors (Lipinski definition) is 0. The first-order valence-electron chi connectivity index (χ1n) is 5.62. The van der Waals surface area contributed by atoms with Gasteiger partial charge in [0.2, 0.25) is 0 Å². The van der Waals surface area contributed by atoms with Crippen molar-refractivity contribution in [3.63, 3.8) is 0 Å². The van der Waals surface area contributed by atoms with Gasteiger partial charge < -0.3 is 4.84 Å². The molecule has 0 radical (unpaired) electrons. The Morgan fingerprint density at radius 1 is 1.15 bits per heavy atom. The predicted molar refractivity (Wildman–Crippen MR) is 64.7 cm³/mol. The van der Waals surface area contributed by atoms with Gasteiger partial charge >= 0.3 is 6.18 Å². The summed E-state index contributed by atoms with van der Waals surface area (Å²) >= 11 is 0. The van der Waals surface area contributed by atoms with Gasteiger partial charge in [0.25, 0.3) is 0 Å². The zero-order valence-corrected chi connectivity index (χ0v) is 10.6. The van der Waals surface area contributed by atoms with Gasteiger partial charge in [0, 0.05) is 11.0 Å². The van der Waals surface area contributed by atoms with Crippen molar-refractivity contribution in [1.82, 2.24) is 0 Å². The summed E-state index contributed by atoms with van der Waals surface area (Å²) in [6.07, 6.45) is -3.76. The number of fused-ring (bicyclic) bond motifs is 1. The number of sulfone groups is 1. The molecule has 0 N–H and O–H groups in total. The van der Waals surface area contributed by atoms with Crippen LogP contribution in [0.4, 0.5) is 13.2 Å². The Morgan fingerprint density at radius 3 is 2.40 bits per heavy atom. The number of alkyl halides is 3. The largest absolute Gasteiger partial charge is 0.416 e. The molecule has 0 saturated heterocycles. The molecule has 2 aliphatic rings. The SMILES string of the molecule is O=S1(=O)C=C[C@H]2ON=C(c3ccc(C(F)(F)F)cc3)[C@@H]21. The summed E-state index contributed by atoms with van der Waals surface area (Å²) in [5, 5.41) is 3.75. The highest BCUT2D eigenvalue weighted by Crippen LogP contribution is 2.32. The van der Waals surface area contributed by atoms with E-state index in [1.165, 1.54) is 18.2 Å². The Hall–Kier alpha value is -1.83. The van der Waals surface area contributed by atoms with E-state index in [0.29, 0.717) is 5.56 Å². The average molecular weight is 303 g/mol. The van der Waals surface area contributed by atoms with Crippen LogP contribution in [0.25, 0.3) is 0 Å². The third kappa shape index (κ3) is 2.00. The lowest BCUT2D eigenvalue weighted by atomic mass is 10.0. The van der Waals surface area contributed by atoms with Crippen LogP contribution >= 0.6 is 0 Å². The number of hydrogen-bond acceptors (Lipinski definition) is 4. The lowest BCUT2D eigenvalue weighted by Crippen LogP contribution is -2.31. The van der Waals surface area contributed by atoms with E-state index in [1.807, 2.05) is 0 Å². The molecule has 4 nitrogen and oxygen atoms in total. The van der Waals surface area contributed by atoms with Gasteiger partial charge in [0.05, 0.1) is 5.56 Å². The van der Waals surface area contributed by atoms with Gasteiger partial charge in [-0.2, -0.15) is 13.2 Å². The zero-order chi connectivity index (χ0) is 14.5. The average Bonchev–Trinajstić information content (AvgIpc) is 2.91. The summed E-state index contributed by atoms with van der Waals surface area (Å²) in [6, 6.07) is 4.17. The van der Waals surface area contributed by atoms with Crippen molar-refractivity contribution in [3.05, 3.63) is 46.9 Å². The zero-order valence-electron chi connectivity index (χ0n) is 9.83. The minimum atomic E-state index is -4.43. The summed E-state index contributed by atoms with van der Waals surface area (Å²) in [5.41, 5.74) is -0.365. The van der Waals surface area contributed by atoms with Crippen LogP contribution in [0.5, 0.6) is 0 Å². The molecule has 1 aromatic carbocycles. The quantitative estimate of drug-likeness (QED) is 0.798. The predicted octanol–water partition coefficient (Wildman–Crippen LogP) is 2.12. The van der Waals surface area contributed by atoms with Crippen LogP contribution in [0.15, 0.2) is 40.9 Å². The Balaban J connectivity index is 1.95. The molecule has 0 unspecified atom stereocenters. The second-order valence-corrected chi connectivity index (χ2v) is 6.42. The second kappa shape index (κ2) is 4.08. The second-order valence-electron chi connectivity index (χ2n) is 4.46. The topological polar surface area (TPSA) is 55.7 Å². The molecule has 3 rings (SSSR count). The molecule has 2 atom stereocenters. The Morgan fingerprint density at radius 2 is 1.80 bits per heavy atom. The van der Waals surface area contributed by atoms with Crippen LogP contribution in [0.3, 0.4) is 0 Å². The number of benzene rings is 1. The standard InChI is InChI=1S/C12H8F3NO3S/c13-12(14,15)8-3-1-7(2-4-8)10-11-9(19-16-10)5-6-20(11,17)18/h1-6,9,11H/t9-,11-/m1/s1. The molecule has 2 aliphatic heterocycles. The first-order chi connectivity index (χ1) is 9.29. The van der Waals surface area contributed by atoms with Gasteiger partial charge in [-0.05, 0) is 18.2 Å². The number of oxime groups is 1. The minimum Gasteiger partial charge on any atom is -0.386 e. The highest BCUT2D eigenvalue weighted by atomic mass is 32.2. The van der Waals surface area contributed by atoms with Crippen LogP contribution in [0, 0.1) is 0 Å². The molecule has 0 aliphatic carbocycles. The maximum Gasteiger partial charge on any atom is 0.416 e. The molecule has 0 spiro atoms. The summed E-state index contributed by atoms with van der Waals surface area (Å²) in [7, 11) is -3.52. The minimum absolute atomic E-state index is 0.133. The fourth-order valence-corrected chi connectivity index (χ4v) is 3.73. The fourth-order valence-electron chi connectivity index (χ4n) is 2.18. The van der Waals surface area contributed by atoms with E-state index in [4.69, 9.17) is 4.84 Å². The van der Waals surface area contributed by atoms with Crippen molar-refractivity contribution < 1.29 is 26.4 Å². The maximum absolute atomic E-state index is 12.5. The summed E-state index contributed by atoms with van der Waals surface area (Å²) in [4.78, 5) is 4.98. The van der Waals surface area contributed by atoms with Gasteiger partial charge in [0.1, 0.15) is 5.71 Å². The lowest BCUT2D eigenvalue weighted by molar-refractivity contribution is -0.137. The van der Waals surface area contributed by atoms with E-state index in [-0.39, 0.29) is 5.71 Å². The summed E-state index contributed by atoms with van der Waals surface area (Å²) < 4.78 is 61.1. The van der Waals surface area contributed by atoms with E-state index in [0.717, 1.165) is 17.5 Å². The first-order valence-corrected chi connectivity index (χ1v) is 7.23. The third-order valence-corrected chi connectivity index (χ3v) is 4.90. The Labute approximate surface area is 112 Å². The molecule has 106 valence electrons. The van der Waals surface area contributed by atoms with Crippen molar-refractivity contribution >= 4 is 15.5 Å². The monoisotopic (exact) mass is 303 g/mol. The van der Waals surface area contributed by atoms with E-state index >= 15 is 0 Å². The van der Waals surface area contributed by atoms with Crippen molar-refractivity contribution in [2.24, 2.45) is 5.16 Å². The Kier molecular flexibility index (Phi) is 2.69. The fraction of sp³-hybridized carbons (Fsp3) is 0.250. The molecule has 0 amide bonds. The molecule has 0 fully saturated rings. The van der Waals surface area contributed by atoms with Crippen LogP contribution in [0.2, 0.25) is 0 Å². The number of rotatable bonds is 1. The van der Waals surface area contributed by atoms with Crippen molar-refractivity contribution in [2.45, 2.75) is 17.5 Å². The van der Waals surface area contributed by atoms with Crippen LogP contribution in [-0.2, 0) is 20.9 Å². The first kappa shape index (κ1) is 13.2. The summed E-state index contributed by atoms with van der Waals surface area (Å²) in [6.45, 7) is 0. The van der Waals surface area contributed by atoms with Gasteiger partial charge in [-0.15, -0.1) is 0 Å². The smallest absolute Gasteiger partial charge is 0.386 e. The van der Waals surface area contributed by atoms with Gasteiger partial charge in [0.15, 0.2) is 21.2 Å². The molecule has 0 saturated carbocycles. The number of nitrogens with zero attached hydrogens (tertiary/aromatic N) is 1. The van der Waals surface area contributed by atoms with E-state index in [2.05, 4.69) is 5.16 Å². The molecular formula is C12H8F3NO3S. The van der Waals surface area contributed by atoms with E-state index < -0.39 is 32.9 Å². The van der Waals surface area contributed by atoms with Crippen LogP contribution in [-0.4, -0.2) is 25.5 Å². The van der Waals surface area contributed by atoms with Crippen LogP contribution in [0.1, 0.15) is 11.1 Å². The summed E-state index contributed by atoms with van der Waals surface area (Å²) in [5.74, 6) is 0.